The lowest BCUT2D eigenvalue weighted by Crippen LogP contribution is -2.12. The van der Waals surface area contributed by atoms with E-state index < -0.39 is 5.91 Å². The van der Waals surface area contributed by atoms with Crippen molar-refractivity contribution in [2.24, 2.45) is 5.73 Å². The fourth-order valence-corrected chi connectivity index (χ4v) is 2.66. The maximum atomic E-state index is 11.1. The molecule has 2 aromatic carbocycles. The maximum Gasteiger partial charge on any atom is 0.284 e. The first kappa shape index (κ1) is 11.8. The number of aromatic nitrogens is 2. The summed E-state index contributed by atoms with van der Waals surface area (Å²) in [4.78, 5) is 20.4. The number of carbonyl (C=O) groups is 1. The topological polar surface area (TPSA) is 71.8 Å². The van der Waals surface area contributed by atoms with Crippen LogP contribution in [-0.4, -0.2) is 15.9 Å². The molecule has 0 aliphatic rings. The van der Waals surface area contributed by atoms with Crippen LogP contribution in [0.25, 0.3) is 11.0 Å². The number of amides is 1. The molecule has 1 amide bonds. The summed E-state index contributed by atoms with van der Waals surface area (Å²) >= 11 is 1.65. The average molecular weight is 269 g/mol. The molecule has 1 heterocycles. The zero-order chi connectivity index (χ0) is 13.2. The van der Waals surface area contributed by atoms with Crippen molar-refractivity contribution in [2.45, 2.75) is 9.79 Å². The van der Waals surface area contributed by atoms with Gasteiger partial charge in [-0.05, 0) is 30.3 Å². The lowest BCUT2D eigenvalue weighted by atomic mass is 10.3. The molecule has 3 aromatic rings. The van der Waals surface area contributed by atoms with E-state index in [9.17, 15) is 4.79 Å². The number of fused-ring (bicyclic) bond motifs is 1. The molecule has 1 aromatic heterocycles. The van der Waals surface area contributed by atoms with Gasteiger partial charge in [0.1, 0.15) is 0 Å². The van der Waals surface area contributed by atoms with Gasteiger partial charge >= 0.3 is 0 Å². The molecule has 0 aliphatic heterocycles. The Kier molecular flexibility index (Phi) is 2.97. The first-order chi connectivity index (χ1) is 9.22. The maximum absolute atomic E-state index is 11.1. The van der Waals surface area contributed by atoms with Gasteiger partial charge in [0.2, 0.25) is 0 Å². The first-order valence-electron chi connectivity index (χ1n) is 5.75. The molecule has 0 bridgehead atoms. The Morgan fingerprint density at radius 1 is 1.11 bits per heavy atom. The number of imidazole rings is 1. The van der Waals surface area contributed by atoms with E-state index in [2.05, 4.69) is 9.97 Å². The molecule has 0 atom stereocenters. The molecule has 3 rings (SSSR count). The van der Waals surface area contributed by atoms with Crippen molar-refractivity contribution in [3.05, 3.63) is 54.4 Å². The molecular weight excluding hydrogens is 258 g/mol. The van der Waals surface area contributed by atoms with Crippen LogP contribution in [0.3, 0.4) is 0 Å². The lowest BCUT2D eigenvalue weighted by molar-refractivity contribution is 0.0991. The third kappa shape index (κ3) is 2.46. The minimum atomic E-state index is -0.548. The van der Waals surface area contributed by atoms with Crippen molar-refractivity contribution in [3.8, 4) is 0 Å². The van der Waals surface area contributed by atoms with Crippen LogP contribution in [0.15, 0.2) is 58.3 Å². The number of nitrogens with one attached hydrogen (secondary N) is 1. The highest BCUT2D eigenvalue weighted by atomic mass is 32.2. The number of hydrogen-bond donors (Lipinski definition) is 2. The normalized spacial score (nSPS) is 10.7. The minimum absolute atomic E-state index is 0.192. The van der Waals surface area contributed by atoms with Crippen LogP contribution in [0.1, 0.15) is 10.6 Å². The number of benzene rings is 2. The largest absolute Gasteiger partial charge is 0.363 e. The van der Waals surface area contributed by atoms with Crippen LogP contribution in [0.2, 0.25) is 0 Å². The van der Waals surface area contributed by atoms with E-state index in [1.165, 1.54) is 0 Å². The van der Waals surface area contributed by atoms with Gasteiger partial charge in [-0.15, -0.1) is 0 Å². The van der Waals surface area contributed by atoms with E-state index in [4.69, 9.17) is 5.73 Å². The quantitative estimate of drug-likeness (QED) is 0.768. The number of hydrogen-bond acceptors (Lipinski definition) is 3. The van der Waals surface area contributed by atoms with Crippen molar-refractivity contribution in [1.29, 1.82) is 0 Å². The summed E-state index contributed by atoms with van der Waals surface area (Å²) in [7, 11) is 0. The van der Waals surface area contributed by atoms with Gasteiger partial charge in [0, 0.05) is 9.79 Å². The SMILES string of the molecule is NC(=O)c1nc2cc(Sc3ccccc3)ccc2[nH]1. The van der Waals surface area contributed by atoms with E-state index in [1.807, 2.05) is 48.5 Å². The number of H-pyrrole nitrogens is 1. The van der Waals surface area contributed by atoms with Gasteiger partial charge in [-0.25, -0.2) is 4.98 Å². The fraction of sp³-hybridized carbons (Fsp3) is 0. The molecule has 0 saturated heterocycles. The number of carbonyl (C=O) groups excluding carboxylic acids is 1. The van der Waals surface area contributed by atoms with E-state index in [1.54, 1.807) is 11.8 Å². The standard InChI is InChI=1S/C14H11N3OS/c15-13(18)14-16-11-7-6-10(8-12(11)17-14)19-9-4-2-1-3-5-9/h1-8H,(H2,15,18)(H,16,17). The van der Waals surface area contributed by atoms with E-state index in [-0.39, 0.29) is 5.82 Å². The molecule has 3 N–H and O–H groups in total. The molecule has 4 nitrogen and oxygen atoms in total. The summed E-state index contributed by atoms with van der Waals surface area (Å²) in [5, 5.41) is 0. The Hall–Kier alpha value is -2.27. The van der Waals surface area contributed by atoms with Crippen LogP contribution in [0.4, 0.5) is 0 Å². The second kappa shape index (κ2) is 4.78. The zero-order valence-corrected chi connectivity index (χ0v) is 10.8. The Bertz CT molecular complexity index is 737. The molecule has 0 saturated carbocycles. The van der Waals surface area contributed by atoms with Crippen molar-refractivity contribution in [1.82, 2.24) is 9.97 Å². The predicted octanol–water partition coefficient (Wildman–Crippen LogP) is 2.81. The van der Waals surface area contributed by atoms with Crippen LogP contribution in [0, 0.1) is 0 Å². The Morgan fingerprint density at radius 3 is 2.63 bits per heavy atom. The van der Waals surface area contributed by atoms with Crippen LogP contribution < -0.4 is 5.73 Å². The van der Waals surface area contributed by atoms with Crippen LogP contribution in [0.5, 0.6) is 0 Å². The summed E-state index contributed by atoms with van der Waals surface area (Å²) in [6.07, 6.45) is 0. The summed E-state index contributed by atoms with van der Waals surface area (Å²) in [5.41, 5.74) is 6.76. The monoisotopic (exact) mass is 269 g/mol. The molecule has 0 fully saturated rings. The van der Waals surface area contributed by atoms with Gasteiger partial charge in [0.25, 0.3) is 5.91 Å². The average Bonchev–Trinajstić information content (AvgIpc) is 2.83. The van der Waals surface area contributed by atoms with Gasteiger partial charge in [-0.3, -0.25) is 4.79 Å². The molecule has 0 radical (unpaired) electrons. The van der Waals surface area contributed by atoms with Gasteiger partial charge in [0.05, 0.1) is 11.0 Å². The van der Waals surface area contributed by atoms with Crippen LogP contribution in [-0.2, 0) is 0 Å². The predicted molar refractivity (Wildman–Crippen MR) is 75.2 cm³/mol. The van der Waals surface area contributed by atoms with Crippen molar-refractivity contribution in [3.63, 3.8) is 0 Å². The van der Waals surface area contributed by atoms with Crippen molar-refractivity contribution < 1.29 is 4.79 Å². The van der Waals surface area contributed by atoms with Crippen LogP contribution >= 0.6 is 11.8 Å². The van der Waals surface area contributed by atoms with E-state index in [0.29, 0.717) is 0 Å². The second-order valence-corrected chi connectivity index (χ2v) is 5.19. The smallest absolute Gasteiger partial charge is 0.284 e. The molecular formula is C14H11N3OS. The Morgan fingerprint density at radius 2 is 1.89 bits per heavy atom. The number of aromatic amines is 1. The van der Waals surface area contributed by atoms with E-state index >= 15 is 0 Å². The van der Waals surface area contributed by atoms with Gasteiger partial charge in [-0.1, -0.05) is 30.0 Å². The van der Waals surface area contributed by atoms with Gasteiger partial charge in [0.15, 0.2) is 5.82 Å². The summed E-state index contributed by atoms with van der Waals surface area (Å²) in [6.45, 7) is 0. The Balaban J connectivity index is 1.95. The highest BCUT2D eigenvalue weighted by molar-refractivity contribution is 7.99. The first-order valence-corrected chi connectivity index (χ1v) is 6.56. The third-order valence-corrected chi connectivity index (χ3v) is 3.66. The summed E-state index contributed by atoms with van der Waals surface area (Å²) in [6, 6.07) is 15.9. The number of nitrogens with two attached hydrogens (primary N) is 1. The summed E-state index contributed by atoms with van der Waals surface area (Å²) in [5.74, 6) is -0.356. The molecule has 0 spiro atoms. The van der Waals surface area contributed by atoms with Gasteiger partial charge in [-0.2, -0.15) is 0 Å². The fourth-order valence-electron chi connectivity index (χ4n) is 1.79. The van der Waals surface area contributed by atoms with Crippen molar-refractivity contribution in [2.75, 3.05) is 0 Å². The number of rotatable bonds is 3. The number of primary amides is 1. The third-order valence-electron chi connectivity index (χ3n) is 2.67. The highest BCUT2D eigenvalue weighted by Gasteiger charge is 2.08. The minimum Gasteiger partial charge on any atom is -0.363 e. The van der Waals surface area contributed by atoms with E-state index in [0.717, 1.165) is 20.8 Å². The summed E-state index contributed by atoms with van der Waals surface area (Å²) < 4.78 is 0. The molecule has 94 valence electrons. The molecule has 5 heteroatoms. The lowest BCUT2D eigenvalue weighted by Gasteiger charge is -2.00. The molecule has 0 aliphatic carbocycles. The second-order valence-electron chi connectivity index (χ2n) is 4.04. The van der Waals surface area contributed by atoms with Crippen molar-refractivity contribution >= 4 is 28.7 Å². The molecule has 19 heavy (non-hydrogen) atoms. The van der Waals surface area contributed by atoms with Gasteiger partial charge < -0.3 is 10.7 Å². The zero-order valence-electron chi connectivity index (χ0n) is 9.96. The highest BCUT2D eigenvalue weighted by Crippen LogP contribution is 2.29. The Labute approximate surface area is 114 Å². The molecule has 0 unspecified atom stereocenters. The number of nitrogens with zero attached hydrogens (tertiary/aromatic N) is 1.